The van der Waals surface area contributed by atoms with Crippen molar-refractivity contribution in [3.8, 4) is 6.07 Å². The van der Waals surface area contributed by atoms with Gasteiger partial charge in [0.2, 0.25) is 0 Å². The highest BCUT2D eigenvalue weighted by atomic mass is 31.2. The van der Waals surface area contributed by atoms with E-state index in [0.717, 1.165) is 0 Å². The third kappa shape index (κ3) is 6.07. The molecule has 196 valence electrons. The van der Waals surface area contributed by atoms with Crippen LogP contribution in [0.4, 0.5) is 0 Å². The molecule has 2 fully saturated rings. The van der Waals surface area contributed by atoms with Crippen molar-refractivity contribution < 1.29 is 32.7 Å². The third-order valence-electron chi connectivity index (χ3n) is 6.97. The summed E-state index contributed by atoms with van der Waals surface area (Å²) in [6.45, 7) is 13.3. The van der Waals surface area contributed by atoms with Crippen LogP contribution in [0.15, 0.2) is 0 Å². The molecule has 9 nitrogen and oxygen atoms in total. The number of hydrogen-bond donors (Lipinski definition) is 1. The van der Waals surface area contributed by atoms with Gasteiger partial charge in [-0.3, -0.25) is 9.24 Å². The Hall–Kier alpha value is -0.0651. The molecule has 0 aromatic rings. The van der Waals surface area contributed by atoms with Crippen LogP contribution in [0.3, 0.4) is 0 Å². The minimum atomic E-state index is -3.34. The molecule has 0 spiro atoms. The van der Waals surface area contributed by atoms with E-state index < -0.39 is 38.9 Å². The Kier molecular flexibility index (Phi) is 10.6. The largest absolute Gasteiger partial charge is 0.387 e. The summed E-state index contributed by atoms with van der Waals surface area (Å²) < 4.78 is 45.1. The van der Waals surface area contributed by atoms with E-state index in [9.17, 15) is 9.67 Å². The second-order valence-corrected chi connectivity index (χ2v) is 15.0. The lowest BCUT2D eigenvalue weighted by molar-refractivity contribution is -0.108. The Morgan fingerprint density at radius 2 is 1.85 bits per heavy atom. The molecular weight excluding hydrogens is 477 g/mol. The summed E-state index contributed by atoms with van der Waals surface area (Å²) in [5.74, 6) is -0.343. The molecule has 2 unspecified atom stereocenters. The molecule has 0 aliphatic carbocycles. The van der Waals surface area contributed by atoms with Gasteiger partial charge < -0.3 is 28.2 Å². The lowest BCUT2D eigenvalue weighted by Crippen LogP contribution is -2.53. The van der Waals surface area contributed by atoms with Crippen LogP contribution in [-0.2, 0) is 27.6 Å². The molecule has 0 aromatic carbocycles. The predicted molar refractivity (Wildman–Crippen MR) is 136 cm³/mol. The van der Waals surface area contributed by atoms with Crippen molar-refractivity contribution in [1.29, 1.82) is 5.26 Å². The number of aliphatic hydroxyl groups is 1. The Morgan fingerprint density at radius 1 is 1.26 bits per heavy atom. The van der Waals surface area contributed by atoms with Crippen molar-refractivity contribution in [3.63, 3.8) is 0 Å². The van der Waals surface area contributed by atoms with Crippen LogP contribution in [0.25, 0.3) is 0 Å². The summed E-state index contributed by atoms with van der Waals surface area (Å²) in [6.07, 6.45) is -0.548. The van der Waals surface area contributed by atoms with Crippen molar-refractivity contribution >= 4 is 23.7 Å². The van der Waals surface area contributed by atoms with Crippen LogP contribution in [0.1, 0.15) is 54.4 Å². The van der Waals surface area contributed by atoms with Gasteiger partial charge >= 0.3 is 7.60 Å². The van der Waals surface area contributed by atoms with Gasteiger partial charge in [0.15, 0.2) is 0 Å². The average molecular weight is 520 g/mol. The topological polar surface area (TPSA) is 110 Å². The summed E-state index contributed by atoms with van der Waals surface area (Å²) in [5.41, 5.74) is -1.01. The second kappa shape index (κ2) is 12.0. The Bertz CT molecular complexity index is 754. The van der Waals surface area contributed by atoms with Crippen molar-refractivity contribution in [2.45, 2.75) is 95.4 Å². The van der Waals surface area contributed by atoms with Crippen molar-refractivity contribution in [2.75, 3.05) is 33.6 Å². The first-order valence-corrected chi connectivity index (χ1v) is 15.0. The molecule has 0 amide bonds. The van der Waals surface area contributed by atoms with Gasteiger partial charge in [0, 0.05) is 26.3 Å². The van der Waals surface area contributed by atoms with Crippen LogP contribution in [0.5, 0.6) is 0 Å². The molecule has 2 bridgehead atoms. The monoisotopic (exact) mass is 520 g/mol. The highest BCUT2D eigenvalue weighted by Gasteiger charge is 2.63. The molecular formula is C22H43BN2O7P2. The van der Waals surface area contributed by atoms with Gasteiger partial charge in [-0.15, -0.1) is 0 Å². The van der Waals surface area contributed by atoms with Gasteiger partial charge in [-0.05, 0) is 47.0 Å². The lowest BCUT2D eigenvalue weighted by Gasteiger charge is -2.50. The van der Waals surface area contributed by atoms with Crippen LogP contribution in [-0.4, -0.2) is 92.3 Å². The summed E-state index contributed by atoms with van der Waals surface area (Å²) in [4.78, 5) is 0. The van der Waals surface area contributed by atoms with Crippen LogP contribution in [0, 0.1) is 17.2 Å². The summed E-state index contributed by atoms with van der Waals surface area (Å²) in [5, 5.41) is 20.1. The maximum Gasteiger partial charge on any atom is 0.330 e. The maximum atomic E-state index is 13.0. The van der Waals surface area contributed by atoms with Gasteiger partial charge in [0.25, 0.3) is 0 Å². The quantitative estimate of drug-likeness (QED) is 0.236. The van der Waals surface area contributed by atoms with Gasteiger partial charge in [0.05, 0.1) is 43.0 Å². The maximum absolute atomic E-state index is 13.0. The normalized spacial score (nSPS) is 33.8. The minimum Gasteiger partial charge on any atom is -0.387 e. The number of hydrogen-bond acceptors (Lipinski definition) is 9. The Labute approximate surface area is 207 Å². The standard InChI is InChI=1S/C22H43BN2O7P2/c1-15(2)25(16(3)4)33(31-11-9-10-24)21(6)13-22(17(5)12-34(27,28-7)29-8)19(26)18(30-14-21)20(23)32-22/h15-20,26H,9,11-14,23H2,1-8H3/t17?,18-,19+,20-,21+,22-,33?/m1/s1. The van der Waals surface area contributed by atoms with Gasteiger partial charge in [-0.25, -0.2) is 0 Å². The Morgan fingerprint density at radius 3 is 2.35 bits per heavy atom. The molecule has 2 aliphatic heterocycles. The van der Waals surface area contributed by atoms with Crippen LogP contribution < -0.4 is 0 Å². The molecule has 2 heterocycles. The molecule has 2 aliphatic rings. The zero-order valence-electron chi connectivity index (χ0n) is 22.2. The third-order valence-corrected chi connectivity index (χ3v) is 12.1. The van der Waals surface area contributed by atoms with Crippen LogP contribution >= 0.6 is 15.9 Å². The first kappa shape index (κ1) is 30.2. The zero-order chi connectivity index (χ0) is 25.9. The fraction of sp³-hybridized carbons (Fsp3) is 0.955. The van der Waals surface area contributed by atoms with Crippen LogP contribution in [0.2, 0.25) is 0 Å². The van der Waals surface area contributed by atoms with E-state index in [1.165, 1.54) is 14.2 Å². The molecule has 1 N–H and O–H groups in total. The van der Waals surface area contributed by atoms with E-state index in [1.807, 2.05) is 14.8 Å². The molecule has 34 heavy (non-hydrogen) atoms. The van der Waals surface area contributed by atoms with Gasteiger partial charge in [-0.2, -0.15) is 5.26 Å². The minimum absolute atomic E-state index is 0.109. The number of aliphatic hydroxyl groups excluding tert-OH is 1. The van der Waals surface area contributed by atoms with Crippen molar-refractivity contribution in [3.05, 3.63) is 0 Å². The molecule has 12 heteroatoms. The SMILES string of the molecule is B[C@@H]1O[C@@]2(C(C)CP(=O)(OC)OC)C[C@](C)(P(OCCC#N)N(C(C)C)C(C)C)CO[C@@H]1[C@@H]2O. The van der Waals surface area contributed by atoms with E-state index in [1.54, 1.807) is 0 Å². The number of nitrogens with zero attached hydrogens (tertiary/aromatic N) is 2. The highest BCUT2D eigenvalue weighted by Crippen LogP contribution is 2.63. The summed E-state index contributed by atoms with van der Waals surface area (Å²) in [7, 11) is 0.0635. The molecule has 7 atom stereocenters. The molecule has 0 radical (unpaired) electrons. The van der Waals surface area contributed by atoms with E-state index in [4.69, 9.17) is 28.3 Å². The van der Waals surface area contributed by atoms with E-state index in [2.05, 4.69) is 45.4 Å². The second-order valence-electron chi connectivity index (χ2n) is 10.3. The first-order valence-electron chi connectivity index (χ1n) is 12.1. The molecule has 0 saturated carbocycles. The Balaban J connectivity index is 2.53. The smallest absolute Gasteiger partial charge is 0.330 e. The summed E-state index contributed by atoms with van der Waals surface area (Å²) in [6, 6.07) is 2.25. The number of nitriles is 1. The van der Waals surface area contributed by atoms with E-state index in [0.29, 0.717) is 26.1 Å². The lowest BCUT2D eigenvalue weighted by atomic mass is 9.78. The number of fused-ring (bicyclic) bond motifs is 2. The molecule has 0 aromatic heterocycles. The number of rotatable bonds is 12. The van der Waals surface area contributed by atoms with Gasteiger partial charge in [0.1, 0.15) is 34.0 Å². The molecule has 2 rings (SSSR count). The fourth-order valence-electron chi connectivity index (χ4n) is 5.43. The first-order chi connectivity index (χ1) is 15.8. The average Bonchev–Trinajstić information content (AvgIpc) is 2.92. The number of ether oxygens (including phenoxy) is 2. The zero-order valence-corrected chi connectivity index (χ0v) is 24.0. The van der Waals surface area contributed by atoms with Gasteiger partial charge in [-0.1, -0.05) is 6.92 Å². The molecule has 2 saturated heterocycles. The highest BCUT2D eigenvalue weighted by molar-refractivity contribution is 7.53. The fourth-order valence-corrected chi connectivity index (χ4v) is 9.53. The van der Waals surface area contributed by atoms with E-state index >= 15 is 0 Å². The predicted octanol–water partition coefficient (Wildman–Crippen LogP) is 3.11. The van der Waals surface area contributed by atoms with E-state index in [-0.39, 0.29) is 30.2 Å². The van der Waals surface area contributed by atoms with Crippen molar-refractivity contribution in [1.82, 2.24) is 4.67 Å². The van der Waals surface area contributed by atoms with Crippen molar-refractivity contribution in [2.24, 2.45) is 5.92 Å². The summed E-state index contributed by atoms with van der Waals surface area (Å²) >= 11 is 0.